The van der Waals surface area contributed by atoms with Gasteiger partial charge in [0.1, 0.15) is 5.82 Å². The molecular weight excluding hydrogens is 214 g/mol. The Morgan fingerprint density at radius 1 is 1.60 bits per heavy atom. The first-order chi connectivity index (χ1) is 7.31. The number of nitrogens with one attached hydrogen (secondary N) is 1. The lowest BCUT2D eigenvalue weighted by molar-refractivity contribution is 0.407. The molecule has 0 aliphatic rings. The molecule has 0 saturated carbocycles. The number of aromatic amines is 1. The Balaban J connectivity index is 2.26. The summed E-state index contributed by atoms with van der Waals surface area (Å²) in [6.07, 6.45) is 3.20. The van der Waals surface area contributed by atoms with Crippen molar-refractivity contribution in [3.63, 3.8) is 0 Å². The van der Waals surface area contributed by atoms with Gasteiger partial charge in [0, 0.05) is 6.42 Å². The highest BCUT2D eigenvalue weighted by atomic mass is 32.1. The lowest BCUT2D eigenvalue weighted by atomic mass is 10.3. The molecule has 1 N–H and O–H groups in total. The highest BCUT2D eigenvalue weighted by molar-refractivity contribution is 7.71. The molecule has 15 heavy (non-hydrogen) atoms. The molecule has 7 heteroatoms. The second kappa shape index (κ2) is 4.35. The fraction of sp³-hybridized carbons (Fsp3) is 0.500. The standard InChI is InChI=1S/C8H11N5OS/c1-2-3-7-10-11-8(15)13(7)4-6-9-5-14-12-6/h5H,2-4H2,1H3,(H,11,15). The second-order valence-electron chi connectivity index (χ2n) is 3.13. The van der Waals surface area contributed by atoms with Crippen molar-refractivity contribution in [2.24, 2.45) is 0 Å². The summed E-state index contributed by atoms with van der Waals surface area (Å²) in [6.45, 7) is 2.59. The van der Waals surface area contributed by atoms with Gasteiger partial charge < -0.3 is 4.52 Å². The minimum absolute atomic E-state index is 0.501. The first-order valence-corrected chi connectivity index (χ1v) is 5.11. The number of rotatable bonds is 4. The molecule has 2 aromatic heterocycles. The summed E-state index contributed by atoms with van der Waals surface area (Å²) in [4.78, 5) is 3.95. The predicted octanol–water partition coefficient (Wildman–Crippen LogP) is 1.32. The SMILES string of the molecule is CCCc1n[nH]c(=S)n1Cc1ncon1. The molecule has 2 aromatic rings. The van der Waals surface area contributed by atoms with Crippen molar-refractivity contribution in [1.29, 1.82) is 0 Å². The third kappa shape index (κ3) is 2.12. The first kappa shape index (κ1) is 10.0. The van der Waals surface area contributed by atoms with Crippen molar-refractivity contribution in [2.45, 2.75) is 26.3 Å². The molecule has 0 radical (unpaired) electrons. The molecule has 0 atom stereocenters. The van der Waals surface area contributed by atoms with Crippen LogP contribution in [0.25, 0.3) is 0 Å². The highest BCUT2D eigenvalue weighted by Gasteiger charge is 2.07. The van der Waals surface area contributed by atoms with E-state index in [9.17, 15) is 0 Å². The van der Waals surface area contributed by atoms with Gasteiger partial charge in [-0.25, -0.2) is 0 Å². The van der Waals surface area contributed by atoms with Gasteiger partial charge in [-0.2, -0.15) is 10.1 Å². The fourth-order valence-corrected chi connectivity index (χ4v) is 1.55. The molecule has 2 rings (SSSR count). The van der Waals surface area contributed by atoms with Crippen molar-refractivity contribution in [3.05, 3.63) is 22.8 Å². The van der Waals surface area contributed by atoms with Crippen molar-refractivity contribution in [1.82, 2.24) is 24.9 Å². The average molecular weight is 225 g/mol. The van der Waals surface area contributed by atoms with E-state index in [4.69, 9.17) is 12.2 Å². The largest absolute Gasteiger partial charge is 0.343 e. The summed E-state index contributed by atoms with van der Waals surface area (Å²) in [5, 5.41) is 10.6. The Hall–Kier alpha value is -1.50. The maximum atomic E-state index is 5.12. The van der Waals surface area contributed by atoms with Crippen LogP contribution in [0.5, 0.6) is 0 Å². The molecule has 0 bridgehead atoms. The van der Waals surface area contributed by atoms with Gasteiger partial charge in [-0.1, -0.05) is 12.1 Å². The quantitative estimate of drug-likeness (QED) is 0.794. The van der Waals surface area contributed by atoms with Crippen LogP contribution in [0, 0.1) is 4.77 Å². The predicted molar refractivity (Wildman–Crippen MR) is 54.8 cm³/mol. The summed E-state index contributed by atoms with van der Waals surface area (Å²) in [5.41, 5.74) is 0. The van der Waals surface area contributed by atoms with Gasteiger partial charge in [-0.05, 0) is 18.6 Å². The zero-order chi connectivity index (χ0) is 10.7. The van der Waals surface area contributed by atoms with Crippen LogP contribution in [-0.4, -0.2) is 24.9 Å². The van der Waals surface area contributed by atoms with Crippen LogP contribution < -0.4 is 0 Å². The molecular formula is C8H11N5OS. The molecule has 0 amide bonds. The number of hydrogen-bond acceptors (Lipinski definition) is 5. The lowest BCUT2D eigenvalue weighted by Gasteiger charge is -2.01. The molecule has 80 valence electrons. The summed E-state index contributed by atoms with van der Waals surface area (Å²) in [5.74, 6) is 1.53. The summed E-state index contributed by atoms with van der Waals surface area (Å²) < 4.78 is 7.13. The van der Waals surface area contributed by atoms with Crippen LogP contribution in [0.1, 0.15) is 25.0 Å². The molecule has 0 aromatic carbocycles. The molecule has 0 fully saturated rings. The monoisotopic (exact) mass is 225 g/mol. The van der Waals surface area contributed by atoms with Crippen LogP contribution >= 0.6 is 12.2 Å². The smallest absolute Gasteiger partial charge is 0.213 e. The number of aryl methyl sites for hydroxylation is 1. The highest BCUT2D eigenvalue weighted by Crippen LogP contribution is 2.04. The summed E-state index contributed by atoms with van der Waals surface area (Å²) in [6, 6.07) is 0. The topological polar surface area (TPSA) is 72.5 Å². The summed E-state index contributed by atoms with van der Waals surface area (Å²) >= 11 is 5.12. The second-order valence-corrected chi connectivity index (χ2v) is 3.52. The van der Waals surface area contributed by atoms with E-state index in [1.807, 2.05) is 4.57 Å². The Morgan fingerprint density at radius 3 is 3.13 bits per heavy atom. The first-order valence-electron chi connectivity index (χ1n) is 4.70. The van der Waals surface area contributed by atoms with E-state index in [1.165, 1.54) is 6.39 Å². The van der Waals surface area contributed by atoms with Gasteiger partial charge in [0.2, 0.25) is 6.39 Å². The van der Waals surface area contributed by atoms with Crippen LogP contribution in [-0.2, 0) is 13.0 Å². The van der Waals surface area contributed by atoms with E-state index in [-0.39, 0.29) is 0 Å². The fourth-order valence-electron chi connectivity index (χ4n) is 1.33. The molecule has 0 aliphatic heterocycles. The van der Waals surface area contributed by atoms with E-state index >= 15 is 0 Å². The minimum Gasteiger partial charge on any atom is -0.343 e. The number of aromatic nitrogens is 5. The molecule has 0 unspecified atom stereocenters. The molecule has 2 heterocycles. The zero-order valence-corrected chi connectivity index (χ0v) is 9.12. The molecule has 0 aliphatic carbocycles. The van der Waals surface area contributed by atoms with Crippen molar-refractivity contribution in [2.75, 3.05) is 0 Å². The van der Waals surface area contributed by atoms with Crippen molar-refractivity contribution in [3.8, 4) is 0 Å². The van der Waals surface area contributed by atoms with E-state index < -0.39 is 0 Å². The van der Waals surface area contributed by atoms with Crippen LogP contribution in [0.15, 0.2) is 10.9 Å². The Bertz CT molecular complexity index is 471. The molecule has 6 nitrogen and oxygen atoms in total. The maximum absolute atomic E-state index is 5.12. The zero-order valence-electron chi connectivity index (χ0n) is 8.30. The summed E-state index contributed by atoms with van der Waals surface area (Å²) in [7, 11) is 0. The normalized spacial score (nSPS) is 10.7. The van der Waals surface area contributed by atoms with Crippen LogP contribution in [0.4, 0.5) is 0 Å². The lowest BCUT2D eigenvalue weighted by Crippen LogP contribution is -2.06. The van der Waals surface area contributed by atoms with E-state index in [1.54, 1.807) is 0 Å². The van der Waals surface area contributed by atoms with E-state index in [0.717, 1.165) is 18.7 Å². The van der Waals surface area contributed by atoms with Crippen LogP contribution in [0.2, 0.25) is 0 Å². The maximum Gasteiger partial charge on any atom is 0.213 e. The molecule has 0 spiro atoms. The average Bonchev–Trinajstić information content (AvgIpc) is 2.83. The van der Waals surface area contributed by atoms with Gasteiger partial charge in [0.15, 0.2) is 10.6 Å². The van der Waals surface area contributed by atoms with Gasteiger partial charge in [-0.3, -0.25) is 9.67 Å². The van der Waals surface area contributed by atoms with Gasteiger partial charge >= 0.3 is 0 Å². The number of nitrogens with zero attached hydrogens (tertiary/aromatic N) is 4. The minimum atomic E-state index is 0.501. The van der Waals surface area contributed by atoms with Crippen molar-refractivity contribution >= 4 is 12.2 Å². The van der Waals surface area contributed by atoms with Gasteiger partial charge in [0.25, 0.3) is 0 Å². The molecule has 0 saturated heterocycles. The van der Waals surface area contributed by atoms with Gasteiger partial charge in [0.05, 0.1) is 6.54 Å². The Labute approximate surface area is 91.3 Å². The van der Waals surface area contributed by atoms with Crippen molar-refractivity contribution < 1.29 is 4.52 Å². The Morgan fingerprint density at radius 2 is 2.47 bits per heavy atom. The number of H-pyrrole nitrogens is 1. The third-order valence-electron chi connectivity index (χ3n) is 2.02. The van der Waals surface area contributed by atoms with E-state index in [0.29, 0.717) is 17.1 Å². The third-order valence-corrected chi connectivity index (χ3v) is 2.33. The van der Waals surface area contributed by atoms with Gasteiger partial charge in [-0.15, -0.1) is 0 Å². The Kier molecular flexibility index (Phi) is 2.91. The van der Waals surface area contributed by atoms with Crippen LogP contribution in [0.3, 0.4) is 0 Å². The number of hydrogen-bond donors (Lipinski definition) is 1. The van der Waals surface area contributed by atoms with E-state index in [2.05, 4.69) is 31.8 Å².